The number of halogens is 2. The molecule has 0 saturated heterocycles. The topological polar surface area (TPSA) is 88.4 Å². The van der Waals surface area contributed by atoms with Gasteiger partial charge in [0.25, 0.3) is 5.56 Å². The number of hydrogen-bond donors (Lipinski definition) is 0. The van der Waals surface area contributed by atoms with E-state index in [1.807, 2.05) is 19.9 Å². The summed E-state index contributed by atoms with van der Waals surface area (Å²) in [5.74, 6) is 1.12. The third-order valence-corrected chi connectivity index (χ3v) is 7.91. The maximum atomic E-state index is 13.9. The Balaban J connectivity index is 1.98. The summed E-state index contributed by atoms with van der Waals surface area (Å²) < 4.78 is 25.2. The first-order valence-corrected chi connectivity index (χ1v) is 14.4. The van der Waals surface area contributed by atoms with Gasteiger partial charge in [0, 0.05) is 10.6 Å². The Morgan fingerprint density at radius 2 is 1.95 bits per heavy atom. The highest BCUT2D eigenvalue weighted by Gasteiger charge is 2.34. The lowest BCUT2D eigenvalue weighted by atomic mass is 9.95. The molecule has 0 saturated carbocycles. The SMILES string of the molecule is CCOC(=O)C1=C(C)N=c2s/c(=C/c3cc(Cl)cc(I)c3OC)c(=O)n2[C@H]1c1ccc(OC(C)C)c(OC)c1. The molecule has 1 aliphatic rings. The number of nitrogens with zero attached hydrogens (tertiary/aromatic N) is 2. The van der Waals surface area contributed by atoms with Gasteiger partial charge in [0.1, 0.15) is 5.75 Å². The van der Waals surface area contributed by atoms with Crippen LogP contribution in [0.1, 0.15) is 44.9 Å². The highest BCUT2D eigenvalue weighted by atomic mass is 127. The summed E-state index contributed by atoms with van der Waals surface area (Å²) in [5.41, 5.74) is 1.77. The molecule has 1 atom stereocenters. The minimum atomic E-state index is -0.786. The van der Waals surface area contributed by atoms with E-state index in [1.165, 1.54) is 15.9 Å². The third kappa shape index (κ3) is 5.87. The summed E-state index contributed by atoms with van der Waals surface area (Å²) in [6, 6.07) is 8.12. The maximum absolute atomic E-state index is 13.9. The second-order valence-electron chi connectivity index (χ2n) is 8.89. The Labute approximate surface area is 248 Å². The van der Waals surface area contributed by atoms with Crippen molar-refractivity contribution in [1.29, 1.82) is 0 Å². The molecule has 0 bridgehead atoms. The molecule has 2 heterocycles. The molecule has 0 amide bonds. The molecule has 1 aliphatic heterocycles. The Kier molecular flexibility index (Phi) is 9.07. The summed E-state index contributed by atoms with van der Waals surface area (Å²) >= 11 is 9.67. The number of fused-ring (bicyclic) bond motifs is 1. The van der Waals surface area contributed by atoms with Crippen molar-refractivity contribution in [2.75, 3.05) is 20.8 Å². The normalized spacial score (nSPS) is 15.2. The van der Waals surface area contributed by atoms with Gasteiger partial charge in [0.15, 0.2) is 16.3 Å². The Bertz CT molecular complexity index is 1640. The molecule has 0 unspecified atom stereocenters. The van der Waals surface area contributed by atoms with Crippen LogP contribution in [-0.2, 0) is 9.53 Å². The first-order valence-electron chi connectivity index (χ1n) is 12.2. The van der Waals surface area contributed by atoms with Crippen LogP contribution >= 0.6 is 45.5 Å². The molecule has 0 N–H and O–H groups in total. The zero-order chi connectivity index (χ0) is 28.4. The number of benzene rings is 2. The fraction of sp³-hybridized carbons (Fsp3) is 0.321. The number of hydrogen-bond acceptors (Lipinski definition) is 8. The van der Waals surface area contributed by atoms with Crippen molar-refractivity contribution >= 4 is 57.6 Å². The zero-order valence-corrected chi connectivity index (χ0v) is 26.1. The number of thiazole rings is 1. The first-order chi connectivity index (χ1) is 18.6. The fourth-order valence-electron chi connectivity index (χ4n) is 4.36. The van der Waals surface area contributed by atoms with Gasteiger partial charge in [-0.05, 0) is 86.2 Å². The lowest BCUT2D eigenvalue weighted by molar-refractivity contribution is -0.139. The molecule has 0 spiro atoms. The van der Waals surface area contributed by atoms with Crippen LogP contribution in [0.15, 0.2) is 51.4 Å². The second-order valence-corrected chi connectivity index (χ2v) is 11.5. The number of carbonyl (C=O) groups is 1. The van der Waals surface area contributed by atoms with E-state index in [0.29, 0.717) is 48.4 Å². The predicted molar refractivity (Wildman–Crippen MR) is 160 cm³/mol. The smallest absolute Gasteiger partial charge is 0.338 e. The van der Waals surface area contributed by atoms with E-state index in [4.69, 9.17) is 30.5 Å². The molecule has 3 aromatic rings. The minimum Gasteiger partial charge on any atom is -0.495 e. The minimum absolute atomic E-state index is 0.0637. The third-order valence-electron chi connectivity index (χ3n) is 5.91. The van der Waals surface area contributed by atoms with Crippen LogP contribution in [-0.4, -0.2) is 37.5 Å². The molecule has 0 radical (unpaired) electrons. The van der Waals surface area contributed by atoms with Gasteiger partial charge < -0.3 is 18.9 Å². The molecule has 1 aromatic heterocycles. The van der Waals surface area contributed by atoms with Crippen LogP contribution < -0.4 is 29.1 Å². The highest BCUT2D eigenvalue weighted by molar-refractivity contribution is 14.1. The average molecular weight is 683 g/mol. The molecule has 4 rings (SSSR count). The van der Waals surface area contributed by atoms with Crippen LogP contribution in [0.2, 0.25) is 5.02 Å². The molecular weight excluding hydrogens is 655 g/mol. The molecule has 11 heteroatoms. The Hall–Kier alpha value is -2.83. The molecule has 2 aromatic carbocycles. The van der Waals surface area contributed by atoms with Crippen molar-refractivity contribution in [1.82, 2.24) is 4.57 Å². The van der Waals surface area contributed by atoms with Gasteiger partial charge >= 0.3 is 5.97 Å². The molecule has 206 valence electrons. The summed E-state index contributed by atoms with van der Waals surface area (Å²) in [7, 11) is 3.12. The van der Waals surface area contributed by atoms with Crippen LogP contribution in [0.3, 0.4) is 0 Å². The summed E-state index contributed by atoms with van der Waals surface area (Å²) in [6.45, 7) is 7.51. The number of esters is 1. The monoisotopic (exact) mass is 682 g/mol. The highest BCUT2D eigenvalue weighted by Crippen LogP contribution is 2.36. The van der Waals surface area contributed by atoms with Gasteiger partial charge in [-0.25, -0.2) is 9.79 Å². The van der Waals surface area contributed by atoms with Crippen molar-refractivity contribution in [2.45, 2.75) is 39.8 Å². The number of allylic oxidation sites excluding steroid dienone is 1. The fourth-order valence-corrected chi connectivity index (χ4v) is 6.67. The van der Waals surface area contributed by atoms with Crippen LogP contribution in [0.25, 0.3) is 6.08 Å². The van der Waals surface area contributed by atoms with Crippen LogP contribution in [0.4, 0.5) is 0 Å². The van der Waals surface area contributed by atoms with E-state index in [-0.39, 0.29) is 23.8 Å². The number of methoxy groups -OCH3 is 2. The zero-order valence-electron chi connectivity index (χ0n) is 22.3. The summed E-state index contributed by atoms with van der Waals surface area (Å²) in [6.07, 6.45) is 1.67. The van der Waals surface area contributed by atoms with Gasteiger partial charge in [0.2, 0.25) is 0 Å². The number of aromatic nitrogens is 1. The van der Waals surface area contributed by atoms with E-state index in [2.05, 4.69) is 27.6 Å². The van der Waals surface area contributed by atoms with Gasteiger partial charge in [-0.1, -0.05) is 29.0 Å². The quantitative estimate of drug-likeness (QED) is 0.249. The van der Waals surface area contributed by atoms with Gasteiger partial charge in [0.05, 0.1) is 52.3 Å². The summed E-state index contributed by atoms with van der Waals surface area (Å²) in [5, 5.41) is 0.522. The van der Waals surface area contributed by atoms with Gasteiger partial charge in [-0.2, -0.15) is 0 Å². The first kappa shape index (κ1) is 29.2. The Morgan fingerprint density at radius 3 is 2.59 bits per heavy atom. The number of rotatable bonds is 8. The van der Waals surface area contributed by atoms with Crippen LogP contribution in [0, 0.1) is 3.57 Å². The maximum Gasteiger partial charge on any atom is 0.338 e. The lowest BCUT2D eigenvalue weighted by Gasteiger charge is -2.25. The van der Waals surface area contributed by atoms with Gasteiger partial charge in [-0.15, -0.1) is 0 Å². The van der Waals surface area contributed by atoms with E-state index in [9.17, 15) is 9.59 Å². The Morgan fingerprint density at radius 1 is 1.21 bits per heavy atom. The van der Waals surface area contributed by atoms with Crippen molar-refractivity contribution < 1.29 is 23.7 Å². The number of carbonyl (C=O) groups excluding carboxylic acids is 1. The lowest BCUT2D eigenvalue weighted by Crippen LogP contribution is -2.40. The average Bonchev–Trinajstić information content (AvgIpc) is 3.17. The molecule has 39 heavy (non-hydrogen) atoms. The van der Waals surface area contributed by atoms with Crippen LogP contribution in [0.5, 0.6) is 17.2 Å². The summed E-state index contributed by atoms with van der Waals surface area (Å²) in [4.78, 5) is 32.2. The number of ether oxygens (including phenoxy) is 4. The van der Waals surface area contributed by atoms with Gasteiger partial charge in [-0.3, -0.25) is 9.36 Å². The predicted octanol–water partition coefficient (Wildman–Crippen LogP) is 4.86. The molecule has 8 nitrogen and oxygen atoms in total. The molecular formula is C28H28ClIN2O6S. The van der Waals surface area contributed by atoms with Crippen molar-refractivity contribution in [3.63, 3.8) is 0 Å². The van der Waals surface area contributed by atoms with E-state index < -0.39 is 12.0 Å². The van der Waals surface area contributed by atoms with E-state index in [0.717, 1.165) is 3.57 Å². The van der Waals surface area contributed by atoms with Crippen molar-refractivity contribution in [3.8, 4) is 17.2 Å². The van der Waals surface area contributed by atoms with E-state index in [1.54, 1.807) is 58.4 Å². The van der Waals surface area contributed by atoms with E-state index >= 15 is 0 Å². The standard InChI is InChI=1S/C28H28ClIN2O6S/c1-7-37-27(34)23-15(4)31-28-32(24(23)16-8-9-20(38-14(2)3)21(11-16)35-5)26(33)22(39-28)12-17-10-18(29)13-19(30)25(17)36-6/h8-14,24H,7H2,1-6H3/b22-12+/t24-/m0/s1. The van der Waals surface area contributed by atoms with Crippen molar-refractivity contribution in [3.05, 3.63) is 81.0 Å². The second kappa shape index (κ2) is 12.1. The molecule has 0 aliphatic carbocycles. The molecule has 0 fully saturated rings. The van der Waals surface area contributed by atoms with Crippen molar-refractivity contribution in [2.24, 2.45) is 4.99 Å². The largest absolute Gasteiger partial charge is 0.495 e.